The normalized spacial score (nSPS) is 10.7. The first-order chi connectivity index (χ1) is 6.76. The second-order valence-electron chi connectivity index (χ2n) is 3.44. The Labute approximate surface area is 87.4 Å². The third-order valence-corrected chi connectivity index (χ3v) is 3.60. The van der Waals surface area contributed by atoms with Crippen molar-refractivity contribution in [2.75, 3.05) is 0 Å². The van der Waals surface area contributed by atoms with E-state index in [0.717, 1.165) is 23.8 Å². The molecule has 0 radical (unpaired) electrons. The zero-order valence-electron chi connectivity index (χ0n) is 8.33. The summed E-state index contributed by atoms with van der Waals surface area (Å²) in [5.74, 6) is 0. The monoisotopic (exact) mass is 204 g/mol. The minimum Gasteiger partial charge on any atom is -0.298 e. The van der Waals surface area contributed by atoms with Crippen molar-refractivity contribution in [3.63, 3.8) is 0 Å². The van der Waals surface area contributed by atoms with Gasteiger partial charge >= 0.3 is 0 Å². The van der Waals surface area contributed by atoms with E-state index in [1.54, 1.807) is 11.3 Å². The van der Waals surface area contributed by atoms with Crippen molar-refractivity contribution in [3.05, 3.63) is 34.2 Å². The highest BCUT2D eigenvalue weighted by Crippen LogP contribution is 2.28. The van der Waals surface area contributed by atoms with Crippen molar-refractivity contribution in [1.82, 2.24) is 0 Å². The van der Waals surface area contributed by atoms with Crippen LogP contribution < -0.4 is 0 Å². The van der Waals surface area contributed by atoms with Gasteiger partial charge in [0.05, 0.1) is 0 Å². The van der Waals surface area contributed by atoms with Crippen molar-refractivity contribution >= 4 is 27.7 Å². The summed E-state index contributed by atoms with van der Waals surface area (Å²) in [4.78, 5) is 10.9. The first kappa shape index (κ1) is 9.41. The quantitative estimate of drug-likeness (QED) is 0.683. The summed E-state index contributed by atoms with van der Waals surface area (Å²) in [6.07, 6.45) is 1.87. The Morgan fingerprint density at radius 2 is 2.21 bits per heavy atom. The van der Waals surface area contributed by atoms with Gasteiger partial charge in [0.15, 0.2) is 0 Å². The Balaban J connectivity index is 2.77. The molecule has 72 valence electrons. The number of carbonyl (C=O) groups excluding carboxylic acids is 1. The first-order valence-electron chi connectivity index (χ1n) is 4.72. The zero-order valence-corrected chi connectivity index (χ0v) is 9.15. The molecule has 0 aliphatic rings. The number of rotatable bonds is 2. The number of aryl methyl sites for hydroxylation is 2. The molecule has 0 atom stereocenters. The summed E-state index contributed by atoms with van der Waals surface area (Å²) in [5.41, 5.74) is 3.24. The number of hydrogen-bond acceptors (Lipinski definition) is 2. The van der Waals surface area contributed by atoms with Gasteiger partial charge in [-0.3, -0.25) is 4.79 Å². The second-order valence-corrected chi connectivity index (χ2v) is 4.35. The van der Waals surface area contributed by atoms with Gasteiger partial charge in [0, 0.05) is 10.3 Å². The predicted octanol–water partition coefficient (Wildman–Crippen LogP) is 3.58. The average molecular weight is 204 g/mol. The van der Waals surface area contributed by atoms with Crippen LogP contribution in [0.15, 0.2) is 17.5 Å². The Kier molecular flexibility index (Phi) is 2.38. The van der Waals surface area contributed by atoms with Crippen molar-refractivity contribution in [3.8, 4) is 0 Å². The van der Waals surface area contributed by atoms with Crippen LogP contribution >= 0.6 is 11.3 Å². The Morgan fingerprint density at radius 1 is 1.43 bits per heavy atom. The van der Waals surface area contributed by atoms with E-state index < -0.39 is 0 Å². The highest BCUT2D eigenvalue weighted by atomic mass is 32.1. The smallest absolute Gasteiger partial charge is 0.150 e. The van der Waals surface area contributed by atoms with Gasteiger partial charge in [-0.1, -0.05) is 6.92 Å². The molecule has 1 aromatic carbocycles. The van der Waals surface area contributed by atoms with E-state index in [-0.39, 0.29) is 0 Å². The maximum absolute atomic E-state index is 10.9. The molecule has 2 heteroatoms. The van der Waals surface area contributed by atoms with Gasteiger partial charge in [0.1, 0.15) is 6.29 Å². The van der Waals surface area contributed by atoms with Gasteiger partial charge in [0.2, 0.25) is 0 Å². The van der Waals surface area contributed by atoms with Crippen molar-refractivity contribution < 1.29 is 4.79 Å². The van der Waals surface area contributed by atoms with Crippen LogP contribution in [0.2, 0.25) is 0 Å². The molecular formula is C12H12OS. The Bertz CT molecular complexity index is 482. The lowest BCUT2D eigenvalue weighted by Gasteiger charge is -2.02. The summed E-state index contributed by atoms with van der Waals surface area (Å²) in [7, 11) is 0. The molecular weight excluding hydrogens is 192 g/mol. The number of hydrogen-bond donors (Lipinski definition) is 0. The fourth-order valence-electron chi connectivity index (χ4n) is 1.68. The number of fused-ring (bicyclic) bond motifs is 1. The van der Waals surface area contributed by atoms with Crippen LogP contribution in [0.1, 0.15) is 28.4 Å². The molecule has 1 nitrogen and oxygen atoms in total. The van der Waals surface area contributed by atoms with E-state index >= 15 is 0 Å². The van der Waals surface area contributed by atoms with E-state index in [4.69, 9.17) is 0 Å². The molecule has 0 fully saturated rings. The lowest BCUT2D eigenvalue weighted by atomic mass is 10.0. The molecule has 1 heterocycles. The molecule has 14 heavy (non-hydrogen) atoms. The molecule has 0 unspecified atom stereocenters. The maximum Gasteiger partial charge on any atom is 0.150 e. The van der Waals surface area contributed by atoms with Gasteiger partial charge < -0.3 is 0 Å². The molecule has 2 aromatic rings. The summed E-state index contributed by atoms with van der Waals surface area (Å²) in [6, 6.07) is 4.14. The van der Waals surface area contributed by atoms with Gasteiger partial charge in [-0.05, 0) is 47.4 Å². The topological polar surface area (TPSA) is 17.1 Å². The molecule has 0 spiro atoms. The van der Waals surface area contributed by atoms with Crippen molar-refractivity contribution in [2.45, 2.75) is 20.3 Å². The molecule has 0 bridgehead atoms. The van der Waals surface area contributed by atoms with Crippen molar-refractivity contribution in [1.29, 1.82) is 0 Å². The van der Waals surface area contributed by atoms with Gasteiger partial charge in [-0.15, -0.1) is 11.3 Å². The molecule has 1 aromatic heterocycles. The molecule has 0 aliphatic carbocycles. The Hall–Kier alpha value is -1.15. The van der Waals surface area contributed by atoms with E-state index in [1.165, 1.54) is 15.6 Å². The fourth-order valence-corrected chi connectivity index (χ4v) is 2.66. The number of aldehydes is 1. The van der Waals surface area contributed by atoms with Gasteiger partial charge in [-0.2, -0.15) is 0 Å². The molecule has 0 aliphatic heterocycles. The van der Waals surface area contributed by atoms with Crippen LogP contribution in [0.5, 0.6) is 0 Å². The molecule has 0 saturated carbocycles. The van der Waals surface area contributed by atoms with Crippen LogP contribution in [-0.4, -0.2) is 6.29 Å². The molecule has 2 rings (SSSR count). The molecule has 0 amide bonds. The minimum absolute atomic E-state index is 0.835. The number of carbonyl (C=O) groups is 1. The summed E-state index contributed by atoms with van der Waals surface area (Å²) >= 11 is 1.75. The second kappa shape index (κ2) is 3.54. The molecule has 0 N–H and O–H groups in total. The van der Waals surface area contributed by atoms with Crippen molar-refractivity contribution in [2.24, 2.45) is 0 Å². The third-order valence-electron chi connectivity index (χ3n) is 2.54. The largest absolute Gasteiger partial charge is 0.298 e. The standard InChI is InChI=1S/C12H12OS/c1-3-9-5-12-11(4-10(9)6-13)8(2)7-14-12/h4-7H,3H2,1-2H3. The van der Waals surface area contributed by atoms with Crippen LogP contribution in [0.3, 0.4) is 0 Å². The fraction of sp³-hybridized carbons (Fsp3) is 0.250. The van der Waals surface area contributed by atoms with E-state index in [2.05, 4.69) is 25.3 Å². The van der Waals surface area contributed by atoms with E-state index in [1.807, 2.05) is 6.07 Å². The summed E-state index contributed by atoms with van der Waals surface area (Å²) in [5, 5.41) is 3.35. The SMILES string of the molecule is CCc1cc2scc(C)c2cc1C=O. The van der Waals surface area contributed by atoms with Crippen LogP contribution in [0, 0.1) is 6.92 Å². The lowest BCUT2D eigenvalue weighted by molar-refractivity contribution is 0.112. The minimum atomic E-state index is 0.835. The Morgan fingerprint density at radius 3 is 2.86 bits per heavy atom. The zero-order chi connectivity index (χ0) is 10.1. The summed E-state index contributed by atoms with van der Waals surface area (Å²) < 4.78 is 1.28. The van der Waals surface area contributed by atoms with Gasteiger partial charge in [0.25, 0.3) is 0 Å². The van der Waals surface area contributed by atoms with Crippen LogP contribution in [0.4, 0.5) is 0 Å². The van der Waals surface area contributed by atoms with Crippen LogP contribution in [0.25, 0.3) is 10.1 Å². The highest BCUT2D eigenvalue weighted by molar-refractivity contribution is 7.17. The number of thiophene rings is 1. The first-order valence-corrected chi connectivity index (χ1v) is 5.60. The summed E-state index contributed by atoms with van der Waals surface area (Å²) in [6.45, 7) is 4.16. The highest BCUT2D eigenvalue weighted by Gasteiger charge is 2.05. The van der Waals surface area contributed by atoms with Gasteiger partial charge in [-0.25, -0.2) is 0 Å². The van der Waals surface area contributed by atoms with E-state index in [9.17, 15) is 4.79 Å². The number of benzene rings is 1. The van der Waals surface area contributed by atoms with E-state index in [0.29, 0.717) is 0 Å². The lowest BCUT2D eigenvalue weighted by Crippen LogP contribution is -1.89. The maximum atomic E-state index is 10.9. The predicted molar refractivity (Wildman–Crippen MR) is 61.3 cm³/mol. The molecule has 0 saturated heterocycles. The van der Waals surface area contributed by atoms with Crippen LogP contribution in [-0.2, 0) is 6.42 Å². The average Bonchev–Trinajstić information content (AvgIpc) is 2.58. The third kappa shape index (κ3) is 1.36.